The topological polar surface area (TPSA) is 83.0 Å². The number of nitrogens with zero attached hydrogens (tertiary/aromatic N) is 4. The number of halogens is 1. The summed E-state index contributed by atoms with van der Waals surface area (Å²) in [6.45, 7) is 7.64. The van der Waals surface area contributed by atoms with Crippen LogP contribution in [0.2, 0.25) is 0 Å². The van der Waals surface area contributed by atoms with Crippen molar-refractivity contribution < 1.29 is 9.18 Å². The van der Waals surface area contributed by atoms with Crippen LogP contribution >= 0.6 is 0 Å². The largest absolute Gasteiger partial charge is 0.324 e. The molecular formula is C25H29FN6O. The van der Waals surface area contributed by atoms with Crippen LogP contribution in [0.3, 0.4) is 0 Å². The van der Waals surface area contributed by atoms with Crippen LogP contribution in [0, 0.1) is 26.6 Å². The van der Waals surface area contributed by atoms with Gasteiger partial charge in [0.05, 0.1) is 12.2 Å². The van der Waals surface area contributed by atoms with E-state index in [2.05, 4.69) is 25.5 Å². The normalized spacial score (nSPS) is 16.4. The number of pyridine rings is 1. The van der Waals surface area contributed by atoms with Crippen molar-refractivity contribution >= 4 is 23.2 Å². The molecule has 1 aliphatic rings. The number of benzene rings is 1. The third-order valence-electron chi connectivity index (χ3n) is 5.65. The predicted molar refractivity (Wildman–Crippen MR) is 127 cm³/mol. The average Bonchev–Trinajstić information content (AvgIpc) is 2.74. The van der Waals surface area contributed by atoms with Crippen LogP contribution in [0.5, 0.6) is 0 Å². The van der Waals surface area contributed by atoms with Gasteiger partial charge in [-0.3, -0.25) is 14.7 Å². The van der Waals surface area contributed by atoms with Crippen LogP contribution < -0.4 is 10.6 Å². The summed E-state index contributed by atoms with van der Waals surface area (Å²) in [7, 11) is 0. The molecule has 1 saturated heterocycles. The lowest BCUT2D eigenvalue weighted by atomic mass is 9.93. The molecule has 0 aliphatic carbocycles. The first-order chi connectivity index (χ1) is 15.9. The first-order valence-electron chi connectivity index (χ1n) is 11.2. The van der Waals surface area contributed by atoms with Gasteiger partial charge < -0.3 is 10.6 Å². The quantitative estimate of drug-likeness (QED) is 0.578. The first kappa shape index (κ1) is 22.8. The maximum atomic E-state index is 13.8. The van der Waals surface area contributed by atoms with Crippen molar-refractivity contribution in [2.45, 2.75) is 39.5 Å². The minimum atomic E-state index is -0.431. The van der Waals surface area contributed by atoms with Gasteiger partial charge in [-0.1, -0.05) is 12.1 Å². The molecule has 7 nitrogen and oxygen atoms in total. The smallest absolute Gasteiger partial charge is 0.238 e. The zero-order chi connectivity index (χ0) is 23.4. The summed E-state index contributed by atoms with van der Waals surface area (Å²) in [5.74, 6) is 0.131. The standard InChI is InChI=1S/C25H29FN6O/c1-16-11-17(2)29-25(28-16)30-20-12-18(3)27-23(13-20)19-7-6-10-32(14-19)15-24(33)31-22-9-5-4-8-21(22)26/h4-5,8-9,11-13,19H,6-7,10,14-15H2,1-3H3,(H,31,33)(H,27,28,29,30)/t19-/m1/s1. The minimum absolute atomic E-state index is 0.209. The molecule has 3 aromatic rings. The molecule has 4 rings (SSSR count). The summed E-state index contributed by atoms with van der Waals surface area (Å²) < 4.78 is 13.8. The Morgan fingerprint density at radius 3 is 2.55 bits per heavy atom. The zero-order valence-electron chi connectivity index (χ0n) is 19.2. The minimum Gasteiger partial charge on any atom is -0.324 e. The highest BCUT2D eigenvalue weighted by Gasteiger charge is 2.24. The monoisotopic (exact) mass is 448 g/mol. The summed E-state index contributed by atoms with van der Waals surface area (Å²) in [5.41, 5.74) is 4.83. The van der Waals surface area contributed by atoms with E-state index >= 15 is 0 Å². The maximum Gasteiger partial charge on any atom is 0.238 e. The lowest BCUT2D eigenvalue weighted by Gasteiger charge is -2.32. The van der Waals surface area contributed by atoms with Gasteiger partial charge in [-0.2, -0.15) is 0 Å². The molecule has 0 saturated carbocycles. The summed E-state index contributed by atoms with van der Waals surface area (Å²) in [6.07, 6.45) is 1.97. The van der Waals surface area contributed by atoms with E-state index in [0.29, 0.717) is 5.95 Å². The number of rotatable bonds is 6. The molecular weight excluding hydrogens is 419 g/mol. The third kappa shape index (κ3) is 6.10. The van der Waals surface area contributed by atoms with Crippen molar-refractivity contribution in [2.24, 2.45) is 0 Å². The summed E-state index contributed by atoms with van der Waals surface area (Å²) in [6, 6.07) is 12.2. The number of amides is 1. The Morgan fingerprint density at radius 1 is 1.06 bits per heavy atom. The molecule has 1 atom stereocenters. The lowest BCUT2D eigenvalue weighted by molar-refractivity contribution is -0.117. The molecule has 33 heavy (non-hydrogen) atoms. The molecule has 1 aliphatic heterocycles. The first-order valence-corrected chi connectivity index (χ1v) is 11.2. The number of likely N-dealkylation sites (tertiary alicyclic amines) is 1. The van der Waals surface area contributed by atoms with E-state index in [0.717, 1.165) is 54.4 Å². The van der Waals surface area contributed by atoms with Gasteiger partial charge in [-0.05, 0) is 70.5 Å². The molecule has 1 fully saturated rings. The lowest BCUT2D eigenvalue weighted by Crippen LogP contribution is -2.40. The van der Waals surface area contributed by atoms with E-state index in [4.69, 9.17) is 4.98 Å². The van der Waals surface area contributed by atoms with Gasteiger partial charge in [0.2, 0.25) is 11.9 Å². The van der Waals surface area contributed by atoms with Gasteiger partial charge in [-0.25, -0.2) is 14.4 Å². The van der Waals surface area contributed by atoms with Gasteiger partial charge in [0.25, 0.3) is 0 Å². The number of piperidine rings is 1. The van der Waals surface area contributed by atoms with Crippen LogP contribution in [-0.4, -0.2) is 45.4 Å². The van der Waals surface area contributed by atoms with Crippen molar-refractivity contribution in [2.75, 3.05) is 30.3 Å². The van der Waals surface area contributed by atoms with E-state index in [-0.39, 0.29) is 24.1 Å². The molecule has 172 valence electrons. The maximum absolute atomic E-state index is 13.8. The van der Waals surface area contributed by atoms with E-state index in [9.17, 15) is 9.18 Å². The second-order valence-corrected chi connectivity index (χ2v) is 8.62. The van der Waals surface area contributed by atoms with Crippen LogP contribution in [-0.2, 0) is 4.79 Å². The summed E-state index contributed by atoms with van der Waals surface area (Å²) in [5, 5.41) is 5.98. The van der Waals surface area contributed by atoms with E-state index < -0.39 is 5.82 Å². The Bertz CT molecular complexity index is 1130. The fraction of sp³-hybridized carbons (Fsp3) is 0.360. The second kappa shape index (κ2) is 10.0. The molecule has 1 amide bonds. The number of para-hydroxylation sites is 1. The molecule has 1 aromatic carbocycles. The summed E-state index contributed by atoms with van der Waals surface area (Å²) in [4.78, 5) is 28.3. The highest BCUT2D eigenvalue weighted by Crippen LogP contribution is 2.28. The van der Waals surface area contributed by atoms with Crippen LogP contribution in [0.1, 0.15) is 41.5 Å². The molecule has 8 heteroatoms. The van der Waals surface area contributed by atoms with Crippen LogP contribution in [0.4, 0.5) is 21.7 Å². The molecule has 2 N–H and O–H groups in total. The van der Waals surface area contributed by atoms with Gasteiger partial charge in [0, 0.05) is 40.9 Å². The predicted octanol–water partition coefficient (Wildman–Crippen LogP) is 4.50. The van der Waals surface area contributed by atoms with Gasteiger partial charge in [-0.15, -0.1) is 0 Å². The van der Waals surface area contributed by atoms with Gasteiger partial charge in [0.1, 0.15) is 5.82 Å². The van der Waals surface area contributed by atoms with E-state index in [1.54, 1.807) is 18.2 Å². The molecule has 0 radical (unpaired) electrons. The Balaban J connectivity index is 1.43. The number of nitrogens with one attached hydrogen (secondary N) is 2. The Kier molecular flexibility index (Phi) is 6.93. The number of hydrogen-bond donors (Lipinski definition) is 2. The zero-order valence-corrected chi connectivity index (χ0v) is 19.2. The van der Waals surface area contributed by atoms with Crippen molar-refractivity contribution in [1.29, 1.82) is 0 Å². The van der Waals surface area contributed by atoms with E-state index in [1.807, 2.05) is 39.0 Å². The van der Waals surface area contributed by atoms with Crippen molar-refractivity contribution in [3.63, 3.8) is 0 Å². The van der Waals surface area contributed by atoms with Crippen molar-refractivity contribution in [1.82, 2.24) is 19.9 Å². The number of carbonyl (C=O) groups is 1. The molecule has 0 spiro atoms. The SMILES string of the molecule is Cc1cc(Nc2nc(C)cc(C)n2)cc([C@@H]2CCCN(CC(=O)Nc3ccccc3F)C2)n1. The average molecular weight is 449 g/mol. The Morgan fingerprint density at radius 2 is 1.79 bits per heavy atom. The molecule has 0 unspecified atom stereocenters. The van der Waals surface area contributed by atoms with Gasteiger partial charge >= 0.3 is 0 Å². The molecule has 2 aromatic heterocycles. The van der Waals surface area contributed by atoms with Crippen molar-refractivity contribution in [3.8, 4) is 0 Å². The highest BCUT2D eigenvalue weighted by molar-refractivity contribution is 5.92. The van der Waals surface area contributed by atoms with Crippen LogP contribution in [0.25, 0.3) is 0 Å². The Labute approximate surface area is 193 Å². The number of hydrogen-bond acceptors (Lipinski definition) is 6. The Hall–Kier alpha value is -3.39. The van der Waals surface area contributed by atoms with Gasteiger partial charge in [0.15, 0.2) is 0 Å². The fourth-order valence-electron chi connectivity index (χ4n) is 4.28. The number of carbonyl (C=O) groups excluding carboxylic acids is 1. The number of aryl methyl sites for hydroxylation is 3. The summed E-state index contributed by atoms with van der Waals surface area (Å²) >= 11 is 0. The molecule has 0 bridgehead atoms. The van der Waals surface area contributed by atoms with Crippen molar-refractivity contribution in [3.05, 3.63) is 71.1 Å². The third-order valence-corrected chi connectivity index (χ3v) is 5.65. The van der Waals surface area contributed by atoms with Crippen LogP contribution in [0.15, 0.2) is 42.5 Å². The second-order valence-electron chi connectivity index (χ2n) is 8.62. The number of anilines is 3. The highest BCUT2D eigenvalue weighted by atomic mass is 19.1. The van der Waals surface area contributed by atoms with E-state index in [1.165, 1.54) is 6.07 Å². The number of aromatic nitrogens is 3. The molecule has 3 heterocycles. The fourth-order valence-corrected chi connectivity index (χ4v) is 4.28.